The van der Waals surface area contributed by atoms with E-state index in [1.54, 1.807) is 0 Å². The van der Waals surface area contributed by atoms with Gasteiger partial charge < -0.3 is 19.8 Å². The summed E-state index contributed by atoms with van der Waals surface area (Å²) in [5.41, 5.74) is 1.49. The Morgan fingerprint density at radius 1 is 0.311 bits per heavy atom. The fourth-order valence-electron chi connectivity index (χ4n) is 5.84. The van der Waals surface area contributed by atoms with Gasteiger partial charge in [-0.3, -0.25) is 0 Å². The van der Waals surface area contributed by atoms with Crippen LogP contribution in [0.5, 0.6) is 0 Å². The molecule has 0 heterocycles. The van der Waals surface area contributed by atoms with Crippen LogP contribution in [0.25, 0.3) is 0 Å². The zero-order valence-corrected chi connectivity index (χ0v) is 25.9. The fraction of sp³-hybridized carbons (Fsp3) is 0.0500. The molecule has 5 heteroatoms. The first-order valence-corrected chi connectivity index (χ1v) is 14.3. The third kappa shape index (κ3) is 6.40. The van der Waals surface area contributed by atoms with Gasteiger partial charge in [-0.05, 0) is 33.4 Å². The topological polar surface area (TPSA) is 80.3 Å². The summed E-state index contributed by atoms with van der Waals surface area (Å²) < 4.78 is 0. The van der Waals surface area contributed by atoms with E-state index in [0.717, 1.165) is 0 Å². The molecule has 6 aromatic carbocycles. The maximum Gasteiger partial charge on any atom is 2.00 e. The molecular weight excluding hydrogens is 647 g/mol. The average molecular weight is 678 g/mol. The number of carboxylic acid groups (broad SMARTS) is 2. The van der Waals surface area contributed by atoms with Crippen molar-refractivity contribution in [3.8, 4) is 0 Å². The van der Waals surface area contributed by atoms with Crippen LogP contribution < -0.4 is 10.2 Å². The monoisotopic (exact) mass is 677 g/mol. The van der Waals surface area contributed by atoms with Crippen LogP contribution in [0.4, 0.5) is 0 Å². The van der Waals surface area contributed by atoms with Gasteiger partial charge in [0, 0.05) is 0 Å². The molecule has 0 N–H and O–H groups in total. The summed E-state index contributed by atoms with van der Waals surface area (Å²) in [6.45, 7) is 0. The van der Waals surface area contributed by atoms with Gasteiger partial charge >= 0.3 is 19.5 Å². The van der Waals surface area contributed by atoms with Crippen molar-refractivity contribution in [3.05, 3.63) is 215 Å². The van der Waals surface area contributed by atoms with E-state index in [0.29, 0.717) is 33.4 Å². The summed E-state index contributed by atoms with van der Waals surface area (Å²) in [6.07, 6.45) is 0. The van der Waals surface area contributed by atoms with Crippen LogP contribution in [-0.4, -0.2) is 11.9 Å². The van der Waals surface area contributed by atoms with Crippen molar-refractivity contribution in [2.75, 3.05) is 0 Å². The molecule has 0 aliphatic carbocycles. The number of rotatable bonds is 8. The Kier molecular flexibility index (Phi) is 11.0. The van der Waals surface area contributed by atoms with Crippen LogP contribution in [-0.2, 0) is 39.9 Å². The Balaban J connectivity index is 0.000000200. The molecule has 0 amide bonds. The van der Waals surface area contributed by atoms with Crippen LogP contribution >= 0.6 is 0 Å². The Morgan fingerprint density at radius 3 is 0.556 bits per heavy atom. The molecule has 0 spiro atoms. The third-order valence-corrected chi connectivity index (χ3v) is 7.85. The van der Waals surface area contributed by atoms with Gasteiger partial charge in [0.2, 0.25) is 0 Å². The molecular formula is C40H30O4Rh. The van der Waals surface area contributed by atoms with Crippen LogP contribution in [0.3, 0.4) is 0 Å². The predicted octanol–water partition coefficient (Wildman–Crippen LogP) is 5.54. The molecule has 4 nitrogen and oxygen atoms in total. The second-order valence-electron chi connectivity index (χ2n) is 10.3. The predicted molar refractivity (Wildman–Crippen MR) is 168 cm³/mol. The zero-order valence-electron chi connectivity index (χ0n) is 24.3. The molecule has 45 heavy (non-hydrogen) atoms. The summed E-state index contributed by atoms with van der Waals surface area (Å²) >= 11 is 0. The van der Waals surface area contributed by atoms with Crippen LogP contribution in [0.1, 0.15) is 33.4 Å². The Bertz CT molecular complexity index is 1450. The van der Waals surface area contributed by atoms with Gasteiger partial charge in [0.05, 0.1) is 22.8 Å². The van der Waals surface area contributed by atoms with Crippen LogP contribution in [0.15, 0.2) is 182 Å². The Labute approximate surface area is 276 Å². The van der Waals surface area contributed by atoms with Crippen molar-refractivity contribution >= 4 is 11.9 Å². The molecule has 6 aromatic rings. The summed E-state index contributed by atoms with van der Waals surface area (Å²) in [5.74, 6) is -2.26. The van der Waals surface area contributed by atoms with Gasteiger partial charge in [0.1, 0.15) is 0 Å². The SMILES string of the molecule is O=C([O-])C(c1ccccc1)(c1ccccc1)c1ccccc1.O=C([O-])C(c1ccccc1)(c1ccccc1)c1ccccc1.[Rh+2]. The molecule has 0 fully saturated rings. The summed E-state index contributed by atoms with van der Waals surface area (Å²) in [6, 6.07) is 55.4. The van der Waals surface area contributed by atoms with Crippen molar-refractivity contribution in [1.82, 2.24) is 0 Å². The number of hydrogen-bond acceptors (Lipinski definition) is 4. The maximum atomic E-state index is 12.3. The first-order valence-electron chi connectivity index (χ1n) is 14.3. The minimum atomic E-state index is -1.32. The summed E-state index contributed by atoms with van der Waals surface area (Å²) in [5, 5.41) is 24.6. The van der Waals surface area contributed by atoms with E-state index >= 15 is 0 Å². The summed E-state index contributed by atoms with van der Waals surface area (Å²) in [7, 11) is 0. The molecule has 0 aliphatic heterocycles. The van der Waals surface area contributed by atoms with Crippen molar-refractivity contribution in [3.63, 3.8) is 0 Å². The van der Waals surface area contributed by atoms with Gasteiger partial charge in [-0.2, -0.15) is 0 Å². The minimum absolute atomic E-state index is 0. The summed E-state index contributed by atoms with van der Waals surface area (Å²) in [4.78, 5) is 24.6. The van der Waals surface area contributed by atoms with Gasteiger partial charge in [-0.25, -0.2) is 0 Å². The second kappa shape index (κ2) is 15.1. The molecule has 0 saturated heterocycles. The molecule has 0 atom stereocenters. The van der Waals surface area contributed by atoms with Crippen molar-refractivity contribution in [2.45, 2.75) is 10.8 Å². The number of carbonyl (C=O) groups excluding carboxylic acids is 2. The number of hydrogen-bond donors (Lipinski definition) is 0. The maximum absolute atomic E-state index is 12.3. The normalized spacial score (nSPS) is 10.8. The van der Waals surface area contributed by atoms with Gasteiger partial charge in [-0.1, -0.05) is 182 Å². The Hall–Kier alpha value is -5.12. The number of carboxylic acids is 2. The van der Waals surface area contributed by atoms with E-state index in [2.05, 4.69) is 0 Å². The van der Waals surface area contributed by atoms with Crippen LogP contribution in [0, 0.1) is 0 Å². The fourth-order valence-corrected chi connectivity index (χ4v) is 5.84. The first kappa shape index (κ1) is 32.8. The van der Waals surface area contributed by atoms with E-state index in [1.165, 1.54) is 0 Å². The number of aliphatic carboxylic acids is 2. The van der Waals surface area contributed by atoms with Crippen molar-refractivity contribution in [1.29, 1.82) is 0 Å². The van der Waals surface area contributed by atoms with E-state index in [4.69, 9.17) is 0 Å². The third-order valence-electron chi connectivity index (χ3n) is 7.85. The molecule has 0 saturated carbocycles. The van der Waals surface area contributed by atoms with Gasteiger partial charge in [0.25, 0.3) is 0 Å². The number of carbonyl (C=O) groups is 2. The molecule has 0 bridgehead atoms. The van der Waals surface area contributed by atoms with Crippen molar-refractivity contribution in [2.24, 2.45) is 0 Å². The zero-order chi connectivity index (χ0) is 30.8. The van der Waals surface area contributed by atoms with E-state index < -0.39 is 22.8 Å². The Morgan fingerprint density at radius 2 is 0.444 bits per heavy atom. The van der Waals surface area contributed by atoms with Gasteiger partial charge in [-0.15, -0.1) is 0 Å². The van der Waals surface area contributed by atoms with Gasteiger partial charge in [0.15, 0.2) is 0 Å². The number of benzene rings is 6. The molecule has 0 unspecified atom stereocenters. The standard InChI is InChI=1S/2C20H16O2.Rh/c2*21-19(22)20(16-10-4-1-5-11-16,17-12-6-2-7-13-17)18-14-8-3-9-15-18;/h2*1-15H,(H,21,22);/q;;+2/p-2. The average Bonchev–Trinajstić information content (AvgIpc) is 3.08. The van der Waals surface area contributed by atoms with E-state index in [9.17, 15) is 19.8 Å². The first-order chi connectivity index (χ1) is 21.5. The largest absolute Gasteiger partial charge is 2.00 e. The minimum Gasteiger partial charge on any atom is -0.548 e. The van der Waals surface area contributed by atoms with Crippen molar-refractivity contribution < 1.29 is 39.3 Å². The molecule has 6 rings (SSSR count). The quantitative estimate of drug-likeness (QED) is 0.157. The van der Waals surface area contributed by atoms with Crippen LogP contribution in [0.2, 0.25) is 0 Å². The second-order valence-corrected chi connectivity index (χ2v) is 10.3. The molecule has 1 radical (unpaired) electrons. The van der Waals surface area contributed by atoms with E-state index in [1.807, 2.05) is 182 Å². The molecule has 0 aromatic heterocycles. The van der Waals surface area contributed by atoms with E-state index in [-0.39, 0.29) is 19.5 Å². The molecule has 223 valence electrons. The molecule has 0 aliphatic rings. The smallest absolute Gasteiger partial charge is 0.548 e.